The van der Waals surface area contributed by atoms with Gasteiger partial charge in [0, 0.05) is 18.2 Å². The third-order valence-corrected chi connectivity index (χ3v) is 8.95. The van der Waals surface area contributed by atoms with Crippen LogP contribution in [0, 0.1) is 5.41 Å². The topological polar surface area (TPSA) is 131 Å². The standard InChI is InChI=1S/C26H33N5O5S2/c1-4-5-10-18(20(32)15-28-38(34,35)23-13-8-9-14-27-23)30-25(33)36-22-16-31(17-26(22,2)3)24-29-19-11-6-7-12-21(19)37-24/h6-9,11-14,18,22,28H,4-5,10,15-17H2,1-3H3,(H,30,33)/t18-,22+/m0/s1. The smallest absolute Gasteiger partial charge is 0.408 e. The molecular weight excluding hydrogens is 526 g/mol. The van der Waals surface area contributed by atoms with Crippen molar-refractivity contribution in [1.29, 1.82) is 0 Å². The highest BCUT2D eigenvalue weighted by molar-refractivity contribution is 7.89. The maximum absolute atomic E-state index is 12.9. The number of benzene rings is 1. The fraction of sp³-hybridized carbons (Fsp3) is 0.462. The van der Waals surface area contributed by atoms with E-state index >= 15 is 0 Å². The van der Waals surface area contributed by atoms with Gasteiger partial charge in [0.15, 0.2) is 15.9 Å². The van der Waals surface area contributed by atoms with E-state index in [4.69, 9.17) is 9.72 Å². The van der Waals surface area contributed by atoms with E-state index in [9.17, 15) is 18.0 Å². The van der Waals surface area contributed by atoms with Crippen molar-refractivity contribution >= 4 is 48.6 Å². The Hall–Kier alpha value is -3.09. The molecule has 204 valence electrons. The van der Waals surface area contributed by atoms with Crippen LogP contribution in [0.25, 0.3) is 10.2 Å². The van der Waals surface area contributed by atoms with Crippen LogP contribution in [0.4, 0.5) is 9.93 Å². The molecule has 3 aromatic rings. The van der Waals surface area contributed by atoms with E-state index in [1.54, 1.807) is 23.5 Å². The van der Waals surface area contributed by atoms with Crippen LogP contribution < -0.4 is 14.9 Å². The number of carbonyl (C=O) groups excluding carboxylic acids is 2. The van der Waals surface area contributed by atoms with E-state index in [1.165, 1.54) is 12.3 Å². The van der Waals surface area contributed by atoms with Crippen LogP contribution in [0.5, 0.6) is 0 Å². The molecule has 1 aliphatic rings. The number of ether oxygens (including phenoxy) is 1. The number of nitrogens with zero attached hydrogens (tertiary/aromatic N) is 3. The summed E-state index contributed by atoms with van der Waals surface area (Å²) in [7, 11) is -3.95. The summed E-state index contributed by atoms with van der Waals surface area (Å²) in [5.74, 6) is -0.448. The Labute approximate surface area is 226 Å². The summed E-state index contributed by atoms with van der Waals surface area (Å²) < 4.78 is 34.1. The highest BCUT2D eigenvalue weighted by Crippen LogP contribution is 2.38. The molecule has 4 rings (SSSR count). The molecule has 0 saturated carbocycles. The van der Waals surface area contributed by atoms with Crippen molar-refractivity contribution < 1.29 is 22.7 Å². The van der Waals surface area contributed by atoms with Crippen LogP contribution in [-0.4, -0.2) is 62.0 Å². The second-order valence-corrected chi connectivity index (χ2v) is 12.7. The molecule has 12 heteroatoms. The molecule has 1 fully saturated rings. The molecule has 2 aromatic heterocycles. The lowest BCUT2D eigenvalue weighted by molar-refractivity contribution is -0.120. The zero-order valence-electron chi connectivity index (χ0n) is 21.7. The SMILES string of the molecule is CCCC[C@H](NC(=O)O[C@@H]1CN(c2nc3ccccc3s2)CC1(C)C)C(=O)CNS(=O)(=O)c1ccccn1. The van der Waals surface area contributed by atoms with Crippen molar-refractivity contribution in [2.75, 3.05) is 24.5 Å². The average Bonchev–Trinajstić information content (AvgIpc) is 3.46. The molecule has 0 bridgehead atoms. The molecule has 3 heterocycles. The van der Waals surface area contributed by atoms with Crippen LogP contribution >= 0.6 is 11.3 Å². The van der Waals surface area contributed by atoms with Crippen molar-refractivity contribution in [2.45, 2.75) is 57.2 Å². The first-order chi connectivity index (χ1) is 18.1. The molecular formula is C26H33N5O5S2. The van der Waals surface area contributed by atoms with Crippen LogP contribution in [0.15, 0.2) is 53.7 Å². The number of rotatable bonds is 11. The summed E-state index contributed by atoms with van der Waals surface area (Å²) in [4.78, 5) is 36.5. The minimum absolute atomic E-state index is 0.175. The molecule has 1 aliphatic heterocycles. The number of unbranched alkanes of at least 4 members (excludes halogenated alkanes) is 1. The predicted molar refractivity (Wildman–Crippen MR) is 147 cm³/mol. The number of thiazole rings is 1. The molecule has 1 amide bonds. The first-order valence-corrected chi connectivity index (χ1v) is 14.9. The summed E-state index contributed by atoms with van der Waals surface area (Å²) in [6, 6.07) is 11.6. The molecule has 1 aromatic carbocycles. The van der Waals surface area contributed by atoms with Gasteiger partial charge in [0.25, 0.3) is 10.0 Å². The maximum atomic E-state index is 12.9. The number of carbonyl (C=O) groups is 2. The van der Waals surface area contributed by atoms with Gasteiger partial charge in [-0.25, -0.2) is 27.9 Å². The largest absolute Gasteiger partial charge is 0.444 e. The number of anilines is 1. The molecule has 38 heavy (non-hydrogen) atoms. The van der Waals surface area contributed by atoms with Crippen molar-refractivity contribution in [1.82, 2.24) is 20.0 Å². The molecule has 0 radical (unpaired) electrons. The molecule has 1 saturated heterocycles. The van der Waals surface area contributed by atoms with Gasteiger partial charge in [-0.3, -0.25) is 4.79 Å². The zero-order valence-corrected chi connectivity index (χ0v) is 23.3. The summed E-state index contributed by atoms with van der Waals surface area (Å²) in [5, 5.41) is 3.38. The Morgan fingerprint density at radius 3 is 2.68 bits per heavy atom. The minimum atomic E-state index is -3.95. The van der Waals surface area contributed by atoms with E-state index < -0.39 is 40.6 Å². The lowest BCUT2D eigenvalue weighted by atomic mass is 9.90. The first-order valence-electron chi connectivity index (χ1n) is 12.6. The summed E-state index contributed by atoms with van der Waals surface area (Å²) in [6.45, 7) is 6.72. The summed E-state index contributed by atoms with van der Waals surface area (Å²) in [6.07, 6.45) is 2.12. The molecule has 2 atom stereocenters. The Balaban J connectivity index is 1.37. The van der Waals surface area contributed by atoms with Gasteiger partial charge in [0.2, 0.25) is 0 Å². The van der Waals surface area contributed by atoms with Crippen molar-refractivity contribution in [3.05, 3.63) is 48.7 Å². The Morgan fingerprint density at radius 1 is 1.21 bits per heavy atom. The third-order valence-electron chi connectivity index (χ3n) is 6.54. The number of fused-ring (bicyclic) bond motifs is 1. The number of alkyl carbamates (subject to hydrolysis) is 1. The lowest BCUT2D eigenvalue weighted by Gasteiger charge is -2.26. The van der Waals surface area contributed by atoms with Crippen molar-refractivity contribution in [2.24, 2.45) is 5.41 Å². The van der Waals surface area contributed by atoms with Crippen LogP contribution in [0.2, 0.25) is 0 Å². The van der Waals surface area contributed by atoms with Gasteiger partial charge in [-0.15, -0.1) is 0 Å². The number of nitrogens with one attached hydrogen (secondary N) is 2. The molecule has 10 nitrogen and oxygen atoms in total. The second kappa shape index (κ2) is 11.7. The van der Waals surface area contributed by atoms with Gasteiger partial charge >= 0.3 is 6.09 Å². The van der Waals surface area contributed by atoms with Gasteiger partial charge in [-0.05, 0) is 30.7 Å². The van der Waals surface area contributed by atoms with Crippen molar-refractivity contribution in [3.63, 3.8) is 0 Å². The summed E-state index contributed by atoms with van der Waals surface area (Å²) >= 11 is 1.60. The Bertz CT molecular complexity index is 1340. The predicted octanol–water partition coefficient (Wildman–Crippen LogP) is 3.74. The highest BCUT2D eigenvalue weighted by atomic mass is 32.2. The molecule has 0 unspecified atom stereocenters. The molecule has 0 aliphatic carbocycles. The van der Waals surface area contributed by atoms with Crippen LogP contribution in [0.1, 0.15) is 40.0 Å². The van der Waals surface area contributed by atoms with Crippen LogP contribution in [0.3, 0.4) is 0 Å². The number of pyridine rings is 1. The number of sulfonamides is 1. The lowest BCUT2D eigenvalue weighted by Crippen LogP contribution is -2.47. The second-order valence-electron chi connectivity index (χ2n) is 10.0. The maximum Gasteiger partial charge on any atom is 0.408 e. The van der Waals surface area contributed by atoms with Gasteiger partial charge in [-0.1, -0.05) is 63.1 Å². The molecule has 2 N–H and O–H groups in total. The van der Waals surface area contributed by atoms with E-state index in [1.807, 2.05) is 45.0 Å². The molecule has 0 spiro atoms. The van der Waals surface area contributed by atoms with Crippen molar-refractivity contribution in [3.8, 4) is 0 Å². The number of hydrogen-bond donors (Lipinski definition) is 2. The van der Waals surface area contributed by atoms with E-state index in [2.05, 4.69) is 19.9 Å². The number of ketones is 1. The number of hydrogen-bond acceptors (Lipinski definition) is 9. The quantitative estimate of drug-likeness (QED) is 0.363. The summed E-state index contributed by atoms with van der Waals surface area (Å²) in [5.41, 5.74) is 0.597. The fourth-order valence-corrected chi connectivity index (χ4v) is 6.25. The minimum Gasteiger partial charge on any atom is -0.444 e. The zero-order chi connectivity index (χ0) is 27.3. The number of para-hydroxylation sites is 1. The fourth-order valence-electron chi connectivity index (χ4n) is 4.34. The average molecular weight is 560 g/mol. The monoisotopic (exact) mass is 559 g/mol. The van der Waals surface area contributed by atoms with E-state index in [-0.39, 0.29) is 10.4 Å². The third kappa shape index (κ3) is 6.66. The number of amides is 1. The Kier molecular flexibility index (Phi) is 8.64. The highest BCUT2D eigenvalue weighted by Gasteiger charge is 2.43. The van der Waals surface area contributed by atoms with Gasteiger partial charge in [0.05, 0.1) is 29.3 Å². The van der Waals surface area contributed by atoms with Gasteiger partial charge in [0.1, 0.15) is 6.10 Å². The Morgan fingerprint density at radius 2 is 1.97 bits per heavy atom. The normalized spacial score (nSPS) is 17.9. The van der Waals surface area contributed by atoms with E-state index in [0.717, 1.165) is 21.8 Å². The van der Waals surface area contributed by atoms with Gasteiger partial charge in [-0.2, -0.15) is 0 Å². The number of Topliss-reactive ketones (excluding diaryl/α,β-unsaturated/α-hetero) is 1. The van der Waals surface area contributed by atoms with Gasteiger partial charge < -0.3 is 15.0 Å². The van der Waals surface area contributed by atoms with E-state index in [0.29, 0.717) is 25.9 Å². The van der Waals surface area contributed by atoms with Crippen LogP contribution in [-0.2, 0) is 19.6 Å². The first kappa shape index (κ1) is 27.9. The number of aromatic nitrogens is 2.